The molecule has 0 radical (unpaired) electrons. The topological polar surface area (TPSA) is 15.7 Å². The molecule has 1 heterocycles. The normalized spacial score (nSPS) is 21.1. The first-order valence-electron chi connectivity index (χ1n) is 8.62. The van der Waals surface area contributed by atoms with Crippen LogP contribution in [-0.2, 0) is 4.74 Å². The summed E-state index contributed by atoms with van der Waals surface area (Å²) in [6.07, 6.45) is -13.3. The molecule has 0 aliphatic carbocycles. The van der Waals surface area contributed by atoms with Crippen LogP contribution in [0.4, 0.5) is 26.3 Å². The van der Waals surface area contributed by atoms with Gasteiger partial charge in [-0.25, -0.2) is 4.90 Å². The molecule has 1 aliphatic heterocycles. The number of allylic oxidation sites excluding steroid dienone is 1. The second-order valence-electron chi connectivity index (χ2n) is 6.62. The molecule has 2 unspecified atom stereocenters. The summed E-state index contributed by atoms with van der Waals surface area (Å²) in [5, 5.41) is 0. The molecule has 1 saturated heterocycles. The quantitative estimate of drug-likeness (QED) is 0.592. The Morgan fingerprint density at radius 3 is 1.66 bits per heavy atom. The van der Waals surface area contributed by atoms with Crippen LogP contribution in [0, 0.1) is 0 Å². The van der Waals surface area contributed by atoms with Crippen LogP contribution >= 0.6 is 0 Å². The molecule has 1 fully saturated rings. The number of halogens is 6. The lowest BCUT2D eigenvalue weighted by Gasteiger charge is -2.48. The third kappa shape index (κ3) is 4.19. The van der Waals surface area contributed by atoms with Crippen LogP contribution in [-0.4, -0.2) is 36.2 Å². The van der Waals surface area contributed by atoms with E-state index in [1.165, 1.54) is 0 Å². The van der Waals surface area contributed by atoms with Crippen LogP contribution in [0.1, 0.15) is 23.5 Å². The maximum Gasteiger partial charge on any atom is 0.426 e. The fraction of sp³-hybridized carbons (Fsp3) is 0.300. The van der Waals surface area contributed by atoms with Crippen molar-refractivity contribution in [2.75, 3.05) is 14.1 Å². The molecule has 0 spiro atoms. The first-order valence-corrected chi connectivity index (χ1v) is 8.62. The Balaban J connectivity index is 2.22. The molecular formula is C20H18F6N2O. The maximum atomic E-state index is 13.4. The van der Waals surface area contributed by atoms with Crippen molar-refractivity contribution in [3.63, 3.8) is 0 Å². The number of hydrogen-bond acceptors (Lipinski definition) is 3. The third-order valence-corrected chi connectivity index (χ3v) is 4.63. The second kappa shape index (κ2) is 7.62. The molecule has 2 aromatic rings. The second-order valence-corrected chi connectivity index (χ2v) is 6.62. The van der Waals surface area contributed by atoms with Crippen molar-refractivity contribution in [3.8, 4) is 0 Å². The highest BCUT2D eigenvalue weighted by molar-refractivity contribution is 5.28. The van der Waals surface area contributed by atoms with Gasteiger partial charge in [-0.05, 0) is 12.6 Å². The molecule has 2 aromatic carbocycles. The summed E-state index contributed by atoms with van der Waals surface area (Å²) in [5.41, 5.74) is -1.70. The zero-order valence-electron chi connectivity index (χ0n) is 15.5. The van der Waals surface area contributed by atoms with Gasteiger partial charge in [0.2, 0.25) is 5.88 Å². The summed E-state index contributed by atoms with van der Waals surface area (Å²) in [6.45, 7) is 0. The van der Waals surface area contributed by atoms with Crippen LogP contribution < -0.4 is 0 Å². The molecular weight excluding hydrogens is 398 g/mol. The van der Waals surface area contributed by atoms with E-state index in [1.807, 2.05) is 0 Å². The van der Waals surface area contributed by atoms with Crippen molar-refractivity contribution in [3.05, 3.63) is 83.2 Å². The molecule has 156 valence electrons. The summed E-state index contributed by atoms with van der Waals surface area (Å²) in [7, 11) is 2.74. The summed E-state index contributed by atoms with van der Waals surface area (Å²) in [4.78, 5) is 2.45. The molecule has 3 rings (SSSR count). The van der Waals surface area contributed by atoms with Gasteiger partial charge in [0.1, 0.15) is 6.17 Å². The lowest BCUT2D eigenvalue weighted by atomic mass is 10.1. The average Bonchev–Trinajstić information content (AvgIpc) is 2.63. The number of alkyl halides is 6. The Morgan fingerprint density at radius 2 is 1.21 bits per heavy atom. The molecule has 0 N–H and O–H groups in total. The summed E-state index contributed by atoms with van der Waals surface area (Å²) >= 11 is 0. The molecule has 0 bridgehead atoms. The van der Waals surface area contributed by atoms with Gasteiger partial charge in [0, 0.05) is 12.6 Å². The standard InChI is InChI=1S/C20H18F6N2O/c1-27-16(13-9-5-3-6-10-13)28(2)18(15(19(21,22)23)20(24,25)26)29-17(27)14-11-7-4-8-12-14/h3-12,16-17H,1-2H3. The Labute approximate surface area is 163 Å². The predicted octanol–water partition coefficient (Wildman–Crippen LogP) is 5.61. The van der Waals surface area contributed by atoms with E-state index in [2.05, 4.69) is 0 Å². The highest BCUT2D eigenvalue weighted by Gasteiger charge is 2.57. The fourth-order valence-corrected chi connectivity index (χ4v) is 3.43. The zero-order valence-corrected chi connectivity index (χ0v) is 15.5. The molecule has 3 nitrogen and oxygen atoms in total. The fourth-order valence-electron chi connectivity index (χ4n) is 3.43. The monoisotopic (exact) mass is 416 g/mol. The Kier molecular flexibility index (Phi) is 5.53. The van der Waals surface area contributed by atoms with E-state index in [4.69, 9.17) is 4.74 Å². The van der Waals surface area contributed by atoms with Crippen LogP contribution in [0.5, 0.6) is 0 Å². The van der Waals surface area contributed by atoms with E-state index in [1.54, 1.807) is 72.6 Å². The highest BCUT2D eigenvalue weighted by atomic mass is 19.4. The highest BCUT2D eigenvalue weighted by Crippen LogP contribution is 2.47. The van der Waals surface area contributed by atoms with Gasteiger partial charge in [-0.3, -0.25) is 0 Å². The molecule has 29 heavy (non-hydrogen) atoms. The lowest BCUT2D eigenvalue weighted by molar-refractivity contribution is -0.200. The summed E-state index contributed by atoms with van der Waals surface area (Å²) < 4.78 is 85.9. The summed E-state index contributed by atoms with van der Waals surface area (Å²) in [6, 6.07) is 16.5. The van der Waals surface area contributed by atoms with Gasteiger partial charge in [-0.15, -0.1) is 0 Å². The van der Waals surface area contributed by atoms with Gasteiger partial charge in [-0.2, -0.15) is 26.3 Å². The third-order valence-electron chi connectivity index (χ3n) is 4.63. The maximum absolute atomic E-state index is 13.4. The van der Waals surface area contributed by atoms with Gasteiger partial charge in [0.25, 0.3) is 0 Å². The predicted molar refractivity (Wildman–Crippen MR) is 94.1 cm³/mol. The largest absolute Gasteiger partial charge is 0.455 e. The van der Waals surface area contributed by atoms with E-state index < -0.39 is 36.2 Å². The number of benzene rings is 2. The zero-order chi connectivity index (χ0) is 21.4. The van der Waals surface area contributed by atoms with Crippen molar-refractivity contribution in [1.82, 2.24) is 9.80 Å². The first kappa shape index (κ1) is 21.0. The van der Waals surface area contributed by atoms with E-state index in [0.717, 1.165) is 11.9 Å². The van der Waals surface area contributed by atoms with Crippen LogP contribution in [0.2, 0.25) is 0 Å². The minimum absolute atomic E-state index is 0.435. The lowest BCUT2D eigenvalue weighted by Crippen LogP contribution is -2.48. The van der Waals surface area contributed by atoms with Gasteiger partial charge in [0.15, 0.2) is 11.8 Å². The van der Waals surface area contributed by atoms with Gasteiger partial charge in [0.05, 0.1) is 0 Å². The molecule has 9 heteroatoms. The van der Waals surface area contributed by atoms with Gasteiger partial charge < -0.3 is 9.64 Å². The van der Waals surface area contributed by atoms with Crippen LogP contribution in [0.25, 0.3) is 0 Å². The Hall–Kier alpha value is -2.68. The van der Waals surface area contributed by atoms with E-state index in [9.17, 15) is 26.3 Å². The molecule has 0 amide bonds. The first-order chi connectivity index (χ1) is 13.5. The van der Waals surface area contributed by atoms with Crippen LogP contribution in [0.3, 0.4) is 0 Å². The SMILES string of the molecule is CN1C(=C(C(F)(F)F)C(F)(F)F)OC(c2ccccc2)N(C)C1c1ccccc1. The molecule has 0 aromatic heterocycles. The minimum Gasteiger partial charge on any atom is -0.455 e. The minimum atomic E-state index is -5.64. The van der Waals surface area contributed by atoms with Crippen molar-refractivity contribution in [2.24, 2.45) is 0 Å². The van der Waals surface area contributed by atoms with Crippen molar-refractivity contribution >= 4 is 0 Å². The van der Waals surface area contributed by atoms with Crippen molar-refractivity contribution < 1.29 is 31.1 Å². The smallest absolute Gasteiger partial charge is 0.426 e. The van der Waals surface area contributed by atoms with E-state index in [0.29, 0.717) is 11.1 Å². The van der Waals surface area contributed by atoms with E-state index in [-0.39, 0.29) is 0 Å². The molecule has 2 atom stereocenters. The number of rotatable bonds is 2. The average molecular weight is 416 g/mol. The van der Waals surface area contributed by atoms with Gasteiger partial charge >= 0.3 is 12.4 Å². The van der Waals surface area contributed by atoms with Gasteiger partial charge in [-0.1, -0.05) is 60.7 Å². The molecule has 1 aliphatic rings. The molecule has 0 saturated carbocycles. The Bertz CT molecular complexity index is 848. The summed E-state index contributed by atoms with van der Waals surface area (Å²) in [5.74, 6) is -1.26. The Morgan fingerprint density at radius 1 is 0.759 bits per heavy atom. The number of ether oxygens (including phenoxy) is 1. The van der Waals surface area contributed by atoms with E-state index >= 15 is 0 Å². The number of nitrogens with zero attached hydrogens (tertiary/aromatic N) is 2. The van der Waals surface area contributed by atoms with Crippen molar-refractivity contribution in [1.29, 1.82) is 0 Å². The number of hydrogen-bond donors (Lipinski definition) is 0. The van der Waals surface area contributed by atoms with Crippen LogP contribution in [0.15, 0.2) is 72.1 Å². The van der Waals surface area contributed by atoms with Crippen molar-refractivity contribution in [2.45, 2.75) is 24.7 Å².